The highest BCUT2D eigenvalue weighted by molar-refractivity contribution is 7.89. The van der Waals surface area contributed by atoms with Gasteiger partial charge in [0.2, 0.25) is 0 Å². The molecule has 0 saturated carbocycles. The minimum Gasteiger partial charge on any atom is -0.772 e. The van der Waals surface area contributed by atoms with Crippen LogP contribution >= 0.6 is 11.3 Å². The second kappa shape index (κ2) is 4.47. The summed E-state index contributed by atoms with van der Waals surface area (Å²) in [6.07, 6.45) is 0. The van der Waals surface area contributed by atoms with E-state index in [2.05, 4.69) is 0 Å². The number of thiophene rings is 1. The van der Waals surface area contributed by atoms with Gasteiger partial charge in [0.05, 0.1) is 4.90 Å². The average molecular weight is 256 g/mol. The fraction of sp³-hybridized carbons (Fsp3) is 0.200. The van der Waals surface area contributed by atoms with E-state index in [0.717, 1.165) is 16.2 Å². The first-order valence-electron chi connectivity index (χ1n) is 3.25. The molecule has 2 N–H and O–H groups in total. The predicted molar refractivity (Wildman–Crippen MR) is 49.1 cm³/mol. The summed E-state index contributed by atoms with van der Waals surface area (Å²) in [6.45, 7) is 0. The Morgan fingerprint density at radius 1 is 1.64 bits per heavy atom. The maximum atomic E-state index is 11.0. The van der Waals surface area contributed by atoms with Crippen molar-refractivity contribution in [3.8, 4) is 0 Å². The first-order valence-corrected chi connectivity index (χ1v) is 6.85. The van der Waals surface area contributed by atoms with Crippen LogP contribution in [0.25, 0.3) is 0 Å². The highest BCUT2D eigenvalue weighted by atomic mass is 32.2. The minimum absolute atomic E-state index is 0.148. The molecule has 9 heteroatoms. The third kappa shape index (κ3) is 2.83. The van der Waals surface area contributed by atoms with E-state index in [1.807, 2.05) is 0 Å². The molecule has 1 aromatic rings. The molecule has 0 radical (unpaired) electrons. The maximum absolute atomic E-state index is 11.0. The van der Waals surface area contributed by atoms with E-state index in [-0.39, 0.29) is 10.6 Å². The van der Waals surface area contributed by atoms with Gasteiger partial charge in [-0.15, -0.1) is 11.3 Å². The zero-order valence-electron chi connectivity index (χ0n) is 6.67. The van der Waals surface area contributed by atoms with Crippen LogP contribution in [0, 0.1) is 0 Å². The molecule has 0 aliphatic carbocycles. The van der Waals surface area contributed by atoms with Crippen molar-refractivity contribution in [1.29, 1.82) is 0 Å². The van der Waals surface area contributed by atoms with Crippen LogP contribution in [0.2, 0.25) is 0 Å². The van der Waals surface area contributed by atoms with Gasteiger partial charge in [-0.25, -0.2) is 8.42 Å². The Morgan fingerprint density at radius 2 is 2.29 bits per heavy atom. The number of hydrogen-bond acceptors (Lipinski definition) is 6. The third-order valence-electron chi connectivity index (χ3n) is 1.32. The van der Waals surface area contributed by atoms with Crippen LogP contribution in [0.1, 0.15) is 4.88 Å². The molecule has 1 aromatic heterocycles. The standard InChI is InChI=1S/C5H7NO5S3/c7-6-14(10,11)5-1-4(12-2-5)3-13(8)9/h1-2,6-7H,3H2,(H,8,9)/p-1. The maximum Gasteiger partial charge on any atom is 0.263 e. The number of nitrogens with one attached hydrogen (secondary N) is 1. The van der Waals surface area contributed by atoms with E-state index < -0.39 is 21.1 Å². The first kappa shape index (κ1) is 11.8. The predicted octanol–water partition coefficient (Wildman–Crippen LogP) is -0.205. The summed E-state index contributed by atoms with van der Waals surface area (Å²) >= 11 is -1.25. The monoisotopic (exact) mass is 256 g/mol. The second-order valence-electron chi connectivity index (χ2n) is 2.29. The van der Waals surface area contributed by atoms with Gasteiger partial charge >= 0.3 is 0 Å². The minimum atomic E-state index is -3.90. The summed E-state index contributed by atoms with van der Waals surface area (Å²) in [5, 5.41) is 9.53. The van der Waals surface area contributed by atoms with Crippen LogP contribution in [0.3, 0.4) is 0 Å². The Kier molecular flexibility index (Phi) is 3.75. The quantitative estimate of drug-likeness (QED) is 0.573. The van der Waals surface area contributed by atoms with Crippen molar-refractivity contribution in [2.45, 2.75) is 10.6 Å². The molecular weight excluding hydrogens is 250 g/mol. The Labute approximate surface area is 86.9 Å². The largest absolute Gasteiger partial charge is 0.772 e. The first-order chi connectivity index (χ1) is 6.45. The molecule has 0 amide bonds. The van der Waals surface area contributed by atoms with Crippen molar-refractivity contribution in [3.05, 3.63) is 16.3 Å². The van der Waals surface area contributed by atoms with E-state index in [9.17, 15) is 17.2 Å². The van der Waals surface area contributed by atoms with Gasteiger partial charge in [-0.1, -0.05) is 4.89 Å². The molecule has 1 heterocycles. The van der Waals surface area contributed by atoms with Gasteiger partial charge in [0, 0.05) is 16.0 Å². The summed E-state index contributed by atoms with van der Waals surface area (Å²) in [5.74, 6) is -0.231. The van der Waals surface area contributed by atoms with E-state index in [1.165, 1.54) is 11.4 Å². The van der Waals surface area contributed by atoms with Crippen molar-refractivity contribution in [2.75, 3.05) is 0 Å². The molecule has 1 rings (SSSR count). The highest BCUT2D eigenvalue weighted by Crippen LogP contribution is 2.19. The van der Waals surface area contributed by atoms with Crippen LogP contribution in [-0.4, -0.2) is 22.4 Å². The van der Waals surface area contributed by atoms with Crippen LogP contribution in [0.15, 0.2) is 16.3 Å². The lowest BCUT2D eigenvalue weighted by molar-refractivity contribution is 0.242. The van der Waals surface area contributed by atoms with Gasteiger partial charge in [0.25, 0.3) is 10.0 Å². The second-order valence-corrected chi connectivity index (χ2v) is 5.84. The van der Waals surface area contributed by atoms with Crippen LogP contribution in [-0.2, 0) is 26.9 Å². The molecule has 0 aliphatic rings. The van der Waals surface area contributed by atoms with Crippen molar-refractivity contribution < 1.29 is 22.4 Å². The molecule has 0 aromatic carbocycles. The molecule has 1 unspecified atom stereocenters. The van der Waals surface area contributed by atoms with Crippen molar-refractivity contribution in [3.63, 3.8) is 0 Å². The van der Waals surface area contributed by atoms with Crippen molar-refractivity contribution in [2.24, 2.45) is 0 Å². The lowest BCUT2D eigenvalue weighted by Crippen LogP contribution is -2.18. The van der Waals surface area contributed by atoms with Gasteiger partial charge in [0.1, 0.15) is 0 Å². The Bertz CT molecular complexity index is 436. The molecule has 0 aliphatic heterocycles. The summed E-state index contributed by atoms with van der Waals surface area (Å²) in [6, 6.07) is 1.19. The van der Waals surface area contributed by atoms with Gasteiger partial charge < -0.3 is 9.76 Å². The Hall–Kier alpha value is -0.320. The molecular formula is C5H6NO5S3-. The summed E-state index contributed by atoms with van der Waals surface area (Å²) in [4.78, 5) is 1.40. The lowest BCUT2D eigenvalue weighted by Gasteiger charge is -2.00. The van der Waals surface area contributed by atoms with Gasteiger partial charge in [-0.3, -0.25) is 4.21 Å². The highest BCUT2D eigenvalue weighted by Gasteiger charge is 2.14. The zero-order valence-corrected chi connectivity index (χ0v) is 9.12. The average Bonchev–Trinajstić information content (AvgIpc) is 2.52. The van der Waals surface area contributed by atoms with E-state index >= 15 is 0 Å². The Balaban J connectivity index is 2.94. The molecule has 80 valence electrons. The Morgan fingerprint density at radius 3 is 2.79 bits per heavy atom. The summed E-state index contributed by atoms with van der Waals surface area (Å²) in [7, 11) is -3.90. The molecule has 0 fully saturated rings. The zero-order chi connectivity index (χ0) is 10.8. The lowest BCUT2D eigenvalue weighted by atomic mass is 10.5. The molecule has 14 heavy (non-hydrogen) atoms. The van der Waals surface area contributed by atoms with Crippen LogP contribution in [0.5, 0.6) is 0 Å². The molecule has 0 spiro atoms. The fourth-order valence-electron chi connectivity index (χ4n) is 0.746. The normalized spacial score (nSPS) is 14.1. The molecule has 0 saturated heterocycles. The van der Waals surface area contributed by atoms with Crippen LogP contribution in [0.4, 0.5) is 0 Å². The van der Waals surface area contributed by atoms with E-state index in [0.29, 0.717) is 4.88 Å². The topological polar surface area (TPSA) is 107 Å². The number of hydrogen-bond donors (Lipinski definition) is 2. The summed E-state index contributed by atoms with van der Waals surface area (Å²) < 4.78 is 42.6. The number of sulfonamides is 1. The summed E-state index contributed by atoms with van der Waals surface area (Å²) in [5.41, 5.74) is 0. The van der Waals surface area contributed by atoms with Gasteiger partial charge in [-0.2, -0.15) is 0 Å². The van der Waals surface area contributed by atoms with Crippen molar-refractivity contribution in [1.82, 2.24) is 4.89 Å². The smallest absolute Gasteiger partial charge is 0.263 e. The fourth-order valence-corrected chi connectivity index (χ4v) is 3.28. The molecule has 0 bridgehead atoms. The van der Waals surface area contributed by atoms with Gasteiger partial charge in [0.15, 0.2) is 0 Å². The SMILES string of the molecule is O=S([O-])Cc1cc(S(=O)(=O)NO)cs1. The van der Waals surface area contributed by atoms with Crippen LogP contribution < -0.4 is 4.89 Å². The van der Waals surface area contributed by atoms with Crippen molar-refractivity contribution >= 4 is 32.4 Å². The van der Waals surface area contributed by atoms with E-state index in [4.69, 9.17) is 5.21 Å². The number of rotatable bonds is 4. The third-order valence-corrected chi connectivity index (χ3v) is 4.23. The molecule has 6 nitrogen and oxygen atoms in total. The van der Waals surface area contributed by atoms with Gasteiger partial charge in [-0.05, 0) is 17.1 Å². The van der Waals surface area contributed by atoms with E-state index in [1.54, 1.807) is 0 Å². The molecule has 1 atom stereocenters.